The summed E-state index contributed by atoms with van der Waals surface area (Å²) in [6.07, 6.45) is 3.93. The minimum Gasteiger partial charge on any atom is -0.0654 e. The van der Waals surface area contributed by atoms with Crippen molar-refractivity contribution in [1.82, 2.24) is 0 Å². The van der Waals surface area contributed by atoms with Crippen LogP contribution in [0.5, 0.6) is 0 Å². The molecular weight excluding hydrogens is 111 g/mol. The van der Waals surface area contributed by atoms with E-state index >= 15 is 0 Å². The average Bonchev–Trinajstić information content (AvgIpc) is 1.61. The molecule has 8 heavy (non-hydrogen) atoms. The molecule has 0 aliphatic carbocycles. The van der Waals surface area contributed by atoms with Gasteiger partial charge in [-0.05, 0) is 5.92 Å². The first-order valence-corrected chi connectivity index (χ1v) is 3.10. The lowest BCUT2D eigenvalue weighted by Gasteiger charge is -1.98. The molecule has 1 atom stereocenters. The Hall–Kier alpha value is 0.532. The fourth-order valence-electron chi connectivity index (χ4n) is 0.553. The van der Waals surface area contributed by atoms with Crippen LogP contribution < -0.4 is 0 Å². The molecule has 0 heterocycles. The number of hydrogen-bond acceptors (Lipinski definition) is 0. The Morgan fingerprint density at radius 2 is 2.00 bits per heavy atom. The molecule has 1 heteroatoms. The molecule has 1 unspecified atom stereocenters. The number of hydrogen-bond donors (Lipinski definition) is 0. The van der Waals surface area contributed by atoms with E-state index in [2.05, 4.69) is 20.8 Å². The van der Waals surface area contributed by atoms with Crippen LogP contribution in [0.4, 0.5) is 0 Å². The van der Waals surface area contributed by atoms with Crippen molar-refractivity contribution in [1.29, 1.82) is 0 Å². The van der Waals surface area contributed by atoms with Gasteiger partial charge in [-0.1, -0.05) is 40.0 Å². The fraction of sp³-hybridized carbons (Fsp3) is 0.857. The van der Waals surface area contributed by atoms with Crippen LogP contribution in [0.15, 0.2) is 0 Å². The molecule has 0 amide bonds. The monoisotopic (exact) mass is 129 g/mol. The van der Waals surface area contributed by atoms with E-state index in [1.54, 1.807) is 0 Å². The summed E-state index contributed by atoms with van der Waals surface area (Å²) in [5.41, 5.74) is 0. The van der Waals surface area contributed by atoms with Gasteiger partial charge in [-0.25, -0.2) is 0 Å². The van der Waals surface area contributed by atoms with Crippen molar-refractivity contribution in [3.63, 3.8) is 0 Å². The largest absolute Gasteiger partial charge is 0.187 e. The summed E-state index contributed by atoms with van der Waals surface area (Å²) in [5, 5.41) is 0. The van der Waals surface area contributed by atoms with Crippen LogP contribution in [0, 0.1) is 12.8 Å². The number of unbranched alkanes of at least 4 members (excludes halogenated alkanes) is 1. The Bertz CT molecular complexity index is 33.4. The smallest absolute Gasteiger partial charge is 0.0654 e. The van der Waals surface area contributed by atoms with E-state index in [0.717, 1.165) is 0 Å². The molecule has 0 aliphatic rings. The summed E-state index contributed by atoms with van der Waals surface area (Å²) in [5.74, 6) is 0.653. The summed E-state index contributed by atoms with van der Waals surface area (Å²) >= 11 is 0. The molecule has 0 N–H and O–H groups in total. The van der Waals surface area contributed by atoms with Crippen molar-refractivity contribution in [2.24, 2.45) is 5.92 Å². The molecule has 49 valence electrons. The summed E-state index contributed by atoms with van der Waals surface area (Å²) in [6.45, 7) is 8.25. The standard InChI is InChI=1S/C7H15.Al.3H/c1-4-5-6-7(2)3;;;;/h7H,2,4-6H2,1,3H3;;;;. The summed E-state index contributed by atoms with van der Waals surface area (Å²) in [6, 6.07) is 0. The second kappa shape index (κ2) is 7.53. The minimum atomic E-state index is 0. The van der Waals surface area contributed by atoms with E-state index in [4.69, 9.17) is 0 Å². The maximum Gasteiger partial charge on any atom is 0.187 e. The highest BCUT2D eigenvalue weighted by molar-refractivity contribution is 5.75. The lowest BCUT2D eigenvalue weighted by Crippen LogP contribution is -1.84. The van der Waals surface area contributed by atoms with Crippen molar-refractivity contribution in [2.75, 3.05) is 0 Å². The third kappa shape index (κ3) is 9.73. The lowest BCUT2D eigenvalue weighted by molar-refractivity contribution is 0.595. The molecule has 1 radical (unpaired) electrons. The molecule has 0 saturated carbocycles. The van der Waals surface area contributed by atoms with E-state index < -0.39 is 0 Å². The predicted octanol–water partition coefficient (Wildman–Crippen LogP) is 1.46. The first-order chi connectivity index (χ1) is 3.27. The molecule has 0 fully saturated rings. The van der Waals surface area contributed by atoms with Gasteiger partial charge >= 0.3 is 0 Å². The molecule has 0 spiro atoms. The normalized spacial score (nSPS) is 9.00. The van der Waals surface area contributed by atoms with Crippen molar-refractivity contribution >= 4 is 17.4 Å². The molecule has 0 aromatic rings. The number of rotatable bonds is 3. The van der Waals surface area contributed by atoms with Crippen molar-refractivity contribution in [2.45, 2.75) is 33.1 Å². The van der Waals surface area contributed by atoms with Gasteiger partial charge in [0, 0.05) is 0 Å². The van der Waals surface area contributed by atoms with E-state index in [-0.39, 0.29) is 17.4 Å². The van der Waals surface area contributed by atoms with Crippen LogP contribution in [-0.2, 0) is 0 Å². The van der Waals surface area contributed by atoms with Gasteiger partial charge in [-0.3, -0.25) is 0 Å². The molecule has 0 aliphatic heterocycles. The van der Waals surface area contributed by atoms with E-state index in [1.165, 1.54) is 19.3 Å². The zero-order valence-corrected chi connectivity index (χ0v) is 5.41. The molecule has 0 nitrogen and oxygen atoms in total. The highest BCUT2D eigenvalue weighted by Gasteiger charge is 1.88. The van der Waals surface area contributed by atoms with Crippen LogP contribution in [0.25, 0.3) is 0 Å². The predicted molar refractivity (Wildman–Crippen MR) is 44.0 cm³/mol. The van der Waals surface area contributed by atoms with Gasteiger partial charge in [-0.15, -0.1) is 0 Å². The van der Waals surface area contributed by atoms with Crippen LogP contribution in [0.3, 0.4) is 0 Å². The van der Waals surface area contributed by atoms with Crippen LogP contribution in [0.1, 0.15) is 33.1 Å². The Morgan fingerprint density at radius 3 is 2.12 bits per heavy atom. The van der Waals surface area contributed by atoms with Crippen LogP contribution >= 0.6 is 0 Å². The van der Waals surface area contributed by atoms with Crippen LogP contribution in [-0.4, -0.2) is 17.4 Å². The molecular formula is C7H18Al. The zero-order chi connectivity index (χ0) is 5.70. The second-order valence-electron chi connectivity index (χ2n) is 2.25. The first-order valence-electron chi connectivity index (χ1n) is 3.10. The summed E-state index contributed by atoms with van der Waals surface area (Å²) < 4.78 is 0. The van der Waals surface area contributed by atoms with Crippen molar-refractivity contribution < 1.29 is 0 Å². The molecule has 0 aromatic heterocycles. The highest BCUT2D eigenvalue weighted by atomic mass is 27.0. The average molecular weight is 129 g/mol. The SMILES string of the molecule is [AlH3].[CH2]C(C)CCCC. The molecule has 0 saturated heterocycles. The fourth-order valence-corrected chi connectivity index (χ4v) is 0.553. The molecule has 0 bridgehead atoms. The highest BCUT2D eigenvalue weighted by Crippen LogP contribution is 2.03. The third-order valence-electron chi connectivity index (χ3n) is 1.05. The zero-order valence-electron chi connectivity index (χ0n) is 5.41. The lowest BCUT2D eigenvalue weighted by atomic mass is 10.1. The Kier molecular flexibility index (Phi) is 10.7. The van der Waals surface area contributed by atoms with Gasteiger partial charge in [0.2, 0.25) is 0 Å². The Morgan fingerprint density at radius 1 is 1.50 bits per heavy atom. The third-order valence-corrected chi connectivity index (χ3v) is 1.05. The maximum atomic E-state index is 3.88. The van der Waals surface area contributed by atoms with Gasteiger partial charge in [0.15, 0.2) is 17.4 Å². The van der Waals surface area contributed by atoms with Crippen LogP contribution in [0.2, 0.25) is 0 Å². The van der Waals surface area contributed by atoms with Gasteiger partial charge in [-0.2, -0.15) is 0 Å². The van der Waals surface area contributed by atoms with E-state index in [0.29, 0.717) is 5.92 Å². The quantitative estimate of drug-likeness (QED) is 0.506. The van der Waals surface area contributed by atoms with Gasteiger partial charge in [0.25, 0.3) is 0 Å². The van der Waals surface area contributed by atoms with E-state index in [1.807, 2.05) is 0 Å². The molecule has 0 rings (SSSR count). The van der Waals surface area contributed by atoms with Crippen molar-refractivity contribution in [3.8, 4) is 0 Å². The van der Waals surface area contributed by atoms with Gasteiger partial charge in [0.1, 0.15) is 0 Å². The Balaban J connectivity index is 0. The Labute approximate surface area is 63.8 Å². The van der Waals surface area contributed by atoms with Crippen molar-refractivity contribution in [3.05, 3.63) is 6.92 Å². The second-order valence-corrected chi connectivity index (χ2v) is 2.25. The maximum absolute atomic E-state index is 3.88. The first kappa shape index (κ1) is 11.3. The van der Waals surface area contributed by atoms with Gasteiger partial charge in [0.05, 0.1) is 0 Å². The topological polar surface area (TPSA) is 0 Å². The summed E-state index contributed by atoms with van der Waals surface area (Å²) in [4.78, 5) is 0. The van der Waals surface area contributed by atoms with E-state index in [9.17, 15) is 0 Å². The van der Waals surface area contributed by atoms with Gasteiger partial charge < -0.3 is 0 Å². The minimum absolute atomic E-state index is 0. The molecule has 0 aromatic carbocycles. The summed E-state index contributed by atoms with van der Waals surface area (Å²) in [7, 11) is 0.